The Balaban J connectivity index is 4.41. The molecule has 1 heteroatoms. The minimum atomic E-state index is -0.0340. The zero-order valence-corrected chi connectivity index (χ0v) is 13.4. The molecule has 0 aromatic rings. The smallest absolute Gasteiger partial charge is 0.0684 e. The molecule has 0 bridgehead atoms. The lowest BCUT2D eigenvalue weighted by Crippen LogP contribution is -2.39. The molecule has 0 aliphatic carbocycles. The van der Waals surface area contributed by atoms with Gasteiger partial charge in [0.1, 0.15) is 0 Å². The summed E-state index contributed by atoms with van der Waals surface area (Å²) in [6, 6.07) is 0. The summed E-state index contributed by atoms with van der Waals surface area (Å²) in [4.78, 5) is 0. The molecular formula is C16H34O. The van der Waals surface area contributed by atoms with Gasteiger partial charge < -0.3 is 4.74 Å². The van der Waals surface area contributed by atoms with Crippen molar-refractivity contribution < 1.29 is 4.74 Å². The van der Waals surface area contributed by atoms with E-state index in [0.29, 0.717) is 5.41 Å². The average Bonchev–Trinajstić information content (AvgIpc) is 2.12. The second kappa shape index (κ2) is 6.22. The quantitative estimate of drug-likeness (QED) is 0.591. The van der Waals surface area contributed by atoms with E-state index in [0.717, 1.165) is 12.8 Å². The molecule has 1 nitrogen and oxygen atoms in total. The molecule has 0 aromatic carbocycles. The Labute approximate surface area is 109 Å². The highest BCUT2D eigenvalue weighted by Gasteiger charge is 2.31. The summed E-state index contributed by atoms with van der Waals surface area (Å²) >= 11 is 0. The zero-order chi connectivity index (χ0) is 13.7. The average molecular weight is 242 g/mol. The van der Waals surface area contributed by atoms with E-state index in [1.807, 2.05) is 0 Å². The normalized spacial score (nSPS) is 14.1. The molecule has 0 heterocycles. The van der Waals surface area contributed by atoms with E-state index >= 15 is 0 Å². The van der Waals surface area contributed by atoms with Crippen molar-refractivity contribution in [1.82, 2.24) is 0 Å². The van der Waals surface area contributed by atoms with Crippen molar-refractivity contribution in [3.05, 3.63) is 0 Å². The molecule has 0 amide bonds. The van der Waals surface area contributed by atoms with Gasteiger partial charge in [0.15, 0.2) is 0 Å². The fraction of sp³-hybridized carbons (Fsp3) is 1.00. The van der Waals surface area contributed by atoms with E-state index in [9.17, 15) is 0 Å². The van der Waals surface area contributed by atoms with Crippen LogP contribution in [-0.2, 0) is 4.74 Å². The summed E-state index contributed by atoms with van der Waals surface area (Å²) in [6.07, 6.45) is 5.97. The molecule has 0 aliphatic rings. The first kappa shape index (κ1) is 17.0. The van der Waals surface area contributed by atoms with Gasteiger partial charge in [0.05, 0.1) is 11.2 Å². The van der Waals surface area contributed by atoms with Crippen molar-refractivity contribution >= 4 is 0 Å². The van der Waals surface area contributed by atoms with Crippen LogP contribution < -0.4 is 0 Å². The highest BCUT2D eigenvalue weighted by Crippen LogP contribution is 2.33. The summed E-state index contributed by atoms with van der Waals surface area (Å²) in [6.45, 7) is 18.0. The lowest BCUT2D eigenvalue weighted by Gasteiger charge is -2.39. The summed E-state index contributed by atoms with van der Waals surface area (Å²) in [5, 5.41) is 0. The molecule has 104 valence electrons. The number of hydrogen-bond donors (Lipinski definition) is 0. The highest BCUT2D eigenvalue weighted by atomic mass is 16.5. The summed E-state index contributed by atoms with van der Waals surface area (Å²) in [5.41, 5.74) is 0.492. The number of hydrogen-bond acceptors (Lipinski definition) is 1. The molecule has 0 atom stereocenters. The summed E-state index contributed by atoms with van der Waals surface area (Å²) < 4.78 is 6.34. The van der Waals surface area contributed by atoms with E-state index in [1.165, 1.54) is 19.3 Å². The van der Waals surface area contributed by atoms with Crippen LogP contribution in [0.1, 0.15) is 87.5 Å². The van der Waals surface area contributed by atoms with Crippen LogP contribution in [0.5, 0.6) is 0 Å². The van der Waals surface area contributed by atoms with E-state index in [-0.39, 0.29) is 11.2 Å². The van der Waals surface area contributed by atoms with Gasteiger partial charge >= 0.3 is 0 Å². The van der Waals surface area contributed by atoms with Gasteiger partial charge in [0, 0.05) is 0 Å². The van der Waals surface area contributed by atoms with Crippen LogP contribution >= 0.6 is 0 Å². The standard InChI is InChI=1S/C16H34O/c1-9-16(10-2,17-15(6,7)8)13-11-12-14(3,4)5/h9-13H2,1-8H3. The van der Waals surface area contributed by atoms with Gasteiger partial charge in [-0.2, -0.15) is 0 Å². The Bertz CT molecular complexity index is 201. The molecule has 17 heavy (non-hydrogen) atoms. The third-order valence-electron chi connectivity index (χ3n) is 3.37. The van der Waals surface area contributed by atoms with E-state index in [4.69, 9.17) is 4.74 Å². The van der Waals surface area contributed by atoms with Crippen LogP contribution in [0, 0.1) is 5.41 Å². The third kappa shape index (κ3) is 7.81. The predicted octanol–water partition coefficient (Wildman–Crippen LogP) is 5.58. The first-order valence-electron chi connectivity index (χ1n) is 7.24. The van der Waals surface area contributed by atoms with Gasteiger partial charge in [0.25, 0.3) is 0 Å². The molecule has 0 N–H and O–H groups in total. The van der Waals surface area contributed by atoms with Crippen LogP contribution in [0.3, 0.4) is 0 Å². The Morgan fingerprint density at radius 1 is 0.765 bits per heavy atom. The predicted molar refractivity (Wildman–Crippen MR) is 77.5 cm³/mol. The summed E-state index contributed by atoms with van der Waals surface area (Å²) in [7, 11) is 0. The monoisotopic (exact) mass is 242 g/mol. The molecule has 0 fully saturated rings. The topological polar surface area (TPSA) is 9.23 Å². The molecule has 0 saturated carbocycles. The maximum Gasteiger partial charge on any atom is 0.0684 e. The van der Waals surface area contributed by atoms with Crippen molar-refractivity contribution in [2.24, 2.45) is 5.41 Å². The van der Waals surface area contributed by atoms with Crippen LogP contribution in [0.25, 0.3) is 0 Å². The lowest BCUT2D eigenvalue weighted by atomic mass is 9.84. The van der Waals surface area contributed by atoms with E-state index < -0.39 is 0 Å². The molecule has 0 unspecified atom stereocenters. The van der Waals surface area contributed by atoms with E-state index in [2.05, 4.69) is 55.4 Å². The highest BCUT2D eigenvalue weighted by molar-refractivity contribution is 4.82. The molecule has 0 spiro atoms. The second-order valence-corrected chi connectivity index (χ2v) is 7.52. The molecule has 0 saturated heterocycles. The Hall–Kier alpha value is -0.0400. The SMILES string of the molecule is CCC(CC)(CCCC(C)(C)C)OC(C)(C)C. The van der Waals surface area contributed by atoms with E-state index in [1.54, 1.807) is 0 Å². The van der Waals surface area contributed by atoms with Gasteiger partial charge in [0.2, 0.25) is 0 Å². The Kier molecular flexibility index (Phi) is 6.21. The third-order valence-corrected chi connectivity index (χ3v) is 3.37. The molecule has 0 aromatic heterocycles. The van der Waals surface area contributed by atoms with Crippen LogP contribution in [0.2, 0.25) is 0 Å². The first-order valence-corrected chi connectivity index (χ1v) is 7.24. The van der Waals surface area contributed by atoms with Crippen LogP contribution in [0.15, 0.2) is 0 Å². The van der Waals surface area contributed by atoms with Crippen LogP contribution in [0.4, 0.5) is 0 Å². The van der Waals surface area contributed by atoms with Crippen molar-refractivity contribution in [1.29, 1.82) is 0 Å². The molecule has 0 radical (unpaired) electrons. The minimum absolute atomic E-state index is 0.0340. The van der Waals surface area contributed by atoms with Gasteiger partial charge in [-0.25, -0.2) is 0 Å². The lowest BCUT2D eigenvalue weighted by molar-refractivity contribution is -0.141. The maximum absolute atomic E-state index is 6.34. The fourth-order valence-corrected chi connectivity index (χ4v) is 2.39. The van der Waals surface area contributed by atoms with Crippen molar-refractivity contribution in [2.45, 2.75) is 98.7 Å². The van der Waals surface area contributed by atoms with Crippen LogP contribution in [-0.4, -0.2) is 11.2 Å². The van der Waals surface area contributed by atoms with Gasteiger partial charge in [-0.1, -0.05) is 41.0 Å². The number of ether oxygens (including phenoxy) is 1. The first-order chi connectivity index (χ1) is 7.54. The molecule has 0 rings (SSSR count). The van der Waals surface area contributed by atoms with Crippen molar-refractivity contribution in [3.63, 3.8) is 0 Å². The molecular weight excluding hydrogens is 208 g/mol. The molecule has 0 aliphatic heterocycles. The van der Waals surface area contributed by atoms with Crippen molar-refractivity contribution in [3.8, 4) is 0 Å². The summed E-state index contributed by atoms with van der Waals surface area (Å²) in [5.74, 6) is 0. The maximum atomic E-state index is 6.34. The van der Waals surface area contributed by atoms with Gasteiger partial charge in [-0.05, 0) is 51.9 Å². The minimum Gasteiger partial charge on any atom is -0.369 e. The zero-order valence-electron chi connectivity index (χ0n) is 13.4. The Morgan fingerprint density at radius 3 is 1.53 bits per heavy atom. The van der Waals surface area contributed by atoms with Crippen molar-refractivity contribution in [2.75, 3.05) is 0 Å². The van der Waals surface area contributed by atoms with Gasteiger partial charge in [-0.3, -0.25) is 0 Å². The Morgan fingerprint density at radius 2 is 1.24 bits per heavy atom. The second-order valence-electron chi connectivity index (χ2n) is 7.52. The fourth-order valence-electron chi connectivity index (χ4n) is 2.39. The largest absolute Gasteiger partial charge is 0.369 e. The number of rotatable bonds is 6. The van der Waals surface area contributed by atoms with Gasteiger partial charge in [-0.15, -0.1) is 0 Å².